The van der Waals surface area contributed by atoms with Gasteiger partial charge in [-0.05, 0) is 31.0 Å². The molecule has 4 nitrogen and oxygen atoms in total. The Balaban J connectivity index is 2.71. The summed E-state index contributed by atoms with van der Waals surface area (Å²) in [6.45, 7) is 0. The van der Waals surface area contributed by atoms with Gasteiger partial charge in [0.1, 0.15) is 11.5 Å². The Morgan fingerprint density at radius 1 is 1.10 bits per heavy atom. The van der Waals surface area contributed by atoms with Crippen LogP contribution in [0.25, 0.3) is 0 Å². The molecule has 0 aliphatic carbocycles. The van der Waals surface area contributed by atoms with Crippen molar-refractivity contribution in [3.8, 4) is 11.5 Å². The highest BCUT2D eigenvalue weighted by molar-refractivity contribution is 6.37. The van der Waals surface area contributed by atoms with Gasteiger partial charge in [0.15, 0.2) is 5.78 Å². The van der Waals surface area contributed by atoms with Gasteiger partial charge in [-0.25, -0.2) is 0 Å². The molecule has 5 heteroatoms. The van der Waals surface area contributed by atoms with Crippen LogP contribution in [0.2, 0.25) is 0 Å². The summed E-state index contributed by atoms with van der Waals surface area (Å²) in [4.78, 5) is 23.6. The number of alkyl halides is 1. The Morgan fingerprint density at radius 2 is 1.85 bits per heavy atom. The minimum Gasteiger partial charge on any atom is -0.497 e. The maximum Gasteiger partial charge on any atom is 0.202 e. The van der Waals surface area contributed by atoms with Crippen LogP contribution in [-0.4, -0.2) is 31.7 Å². The third kappa shape index (κ3) is 4.85. The highest BCUT2D eigenvalue weighted by Crippen LogP contribution is 2.24. The number of hydrogen-bond donors (Lipinski definition) is 0. The summed E-state index contributed by atoms with van der Waals surface area (Å²) >= 11 is 5.54. The number of ether oxygens (including phenoxy) is 2. The van der Waals surface area contributed by atoms with E-state index in [0.29, 0.717) is 29.4 Å². The third-order valence-electron chi connectivity index (χ3n) is 2.94. The lowest BCUT2D eigenvalue weighted by Gasteiger charge is -2.09. The van der Waals surface area contributed by atoms with Crippen molar-refractivity contribution >= 4 is 23.2 Å². The lowest BCUT2D eigenvalue weighted by molar-refractivity contribution is -0.136. The van der Waals surface area contributed by atoms with Gasteiger partial charge in [-0.2, -0.15) is 0 Å². The molecule has 20 heavy (non-hydrogen) atoms. The zero-order chi connectivity index (χ0) is 15.0. The van der Waals surface area contributed by atoms with Gasteiger partial charge in [0, 0.05) is 24.3 Å². The average molecular weight is 299 g/mol. The van der Waals surface area contributed by atoms with Crippen LogP contribution in [0.3, 0.4) is 0 Å². The SMILES string of the molecule is COc1ccc(OC)c(CC(=O)C(=O)CCCCCl)c1. The van der Waals surface area contributed by atoms with Crippen LogP contribution in [0.15, 0.2) is 18.2 Å². The van der Waals surface area contributed by atoms with Gasteiger partial charge in [0.05, 0.1) is 14.2 Å². The van der Waals surface area contributed by atoms with E-state index in [1.165, 1.54) is 7.11 Å². The van der Waals surface area contributed by atoms with E-state index in [9.17, 15) is 9.59 Å². The van der Waals surface area contributed by atoms with Crippen LogP contribution < -0.4 is 9.47 Å². The van der Waals surface area contributed by atoms with Crippen molar-refractivity contribution in [2.75, 3.05) is 20.1 Å². The molecule has 0 saturated heterocycles. The first-order valence-electron chi connectivity index (χ1n) is 6.45. The normalized spacial score (nSPS) is 10.2. The Bertz CT molecular complexity index is 471. The smallest absolute Gasteiger partial charge is 0.202 e. The Kier molecular flexibility index (Phi) is 7.09. The molecule has 0 atom stereocenters. The summed E-state index contributed by atoms with van der Waals surface area (Å²) in [6.07, 6.45) is 1.66. The van der Waals surface area contributed by atoms with Crippen LogP contribution in [0, 0.1) is 0 Å². The summed E-state index contributed by atoms with van der Waals surface area (Å²) < 4.78 is 10.3. The maximum absolute atomic E-state index is 11.9. The number of unbranched alkanes of at least 4 members (excludes halogenated alkanes) is 1. The summed E-state index contributed by atoms with van der Waals surface area (Å²) in [7, 11) is 3.07. The molecule has 0 saturated carbocycles. The number of ketones is 2. The standard InChI is InChI=1S/C15H19ClO4/c1-19-12-6-7-15(20-2)11(9-12)10-14(18)13(17)5-3-4-8-16/h6-7,9H,3-5,8,10H2,1-2H3. The quantitative estimate of drug-likeness (QED) is 0.400. The van der Waals surface area contributed by atoms with Crippen LogP contribution in [-0.2, 0) is 16.0 Å². The van der Waals surface area contributed by atoms with Crippen LogP contribution >= 0.6 is 11.6 Å². The third-order valence-corrected chi connectivity index (χ3v) is 3.20. The van der Waals surface area contributed by atoms with Gasteiger partial charge in [-0.15, -0.1) is 11.6 Å². The predicted molar refractivity (Wildman–Crippen MR) is 77.8 cm³/mol. The highest BCUT2D eigenvalue weighted by atomic mass is 35.5. The Morgan fingerprint density at radius 3 is 2.45 bits per heavy atom. The van der Waals surface area contributed by atoms with Crippen LogP contribution in [0.5, 0.6) is 11.5 Å². The van der Waals surface area contributed by atoms with Gasteiger partial charge >= 0.3 is 0 Å². The first kappa shape index (κ1) is 16.5. The van der Waals surface area contributed by atoms with E-state index in [4.69, 9.17) is 21.1 Å². The van der Waals surface area contributed by atoms with E-state index in [2.05, 4.69) is 0 Å². The van der Waals surface area contributed by atoms with Crippen molar-refractivity contribution in [1.82, 2.24) is 0 Å². The van der Waals surface area contributed by atoms with Crippen LogP contribution in [0.4, 0.5) is 0 Å². The van der Waals surface area contributed by atoms with E-state index in [-0.39, 0.29) is 18.6 Å². The zero-order valence-electron chi connectivity index (χ0n) is 11.8. The molecule has 0 unspecified atom stereocenters. The monoisotopic (exact) mass is 298 g/mol. The zero-order valence-corrected chi connectivity index (χ0v) is 12.5. The fourth-order valence-corrected chi connectivity index (χ4v) is 2.00. The molecule has 0 amide bonds. The summed E-state index contributed by atoms with van der Waals surface area (Å²) in [5, 5.41) is 0. The number of rotatable bonds is 9. The highest BCUT2D eigenvalue weighted by Gasteiger charge is 2.16. The molecular formula is C15H19ClO4. The van der Waals surface area contributed by atoms with Crippen molar-refractivity contribution < 1.29 is 19.1 Å². The molecule has 0 aromatic heterocycles. The van der Waals surface area contributed by atoms with E-state index >= 15 is 0 Å². The molecule has 110 valence electrons. The topological polar surface area (TPSA) is 52.6 Å². The molecule has 1 aromatic carbocycles. The number of benzene rings is 1. The molecule has 0 aliphatic rings. The molecule has 1 aromatic rings. The number of carbonyl (C=O) groups excluding carboxylic acids is 2. The second kappa shape index (κ2) is 8.59. The van der Waals surface area contributed by atoms with Crippen molar-refractivity contribution in [3.63, 3.8) is 0 Å². The number of methoxy groups -OCH3 is 2. The average Bonchev–Trinajstić information content (AvgIpc) is 2.47. The second-order valence-electron chi connectivity index (χ2n) is 4.35. The van der Waals surface area contributed by atoms with Crippen molar-refractivity contribution in [3.05, 3.63) is 23.8 Å². The largest absolute Gasteiger partial charge is 0.497 e. The second-order valence-corrected chi connectivity index (χ2v) is 4.72. The van der Waals surface area contributed by atoms with Crippen LogP contribution in [0.1, 0.15) is 24.8 Å². The molecule has 0 fully saturated rings. The fourth-order valence-electron chi connectivity index (χ4n) is 1.81. The van der Waals surface area contributed by atoms with E-state index in [1.807, 2.05) is 0 Å². The molecule has 0 aliphatic heterocycles. The van der Waals surface area contributed by atoms with Gasteiger partial charge in [0.2, 0.25) is 5.78 Å². The van der Waals surface area contributed by atoms with Crippen molar-refractivity contribution in [1.29, 1.82) is 0 Å². The summed E-state index contributed by atoms with van der Waals surface area (Å²) in [6, 6.07) is 5.18. The first-order valence-corrected chi connectivity index (χ1v) is 6.98. The fraction of sp³-hybridized carbons (Fsp3) is 0.467. The predicted octanol–water partition coefficient (Wildman–Crippen LogP) is 2.79. The van der Waals surface area contributed by atoms with E-state index < -0.39 is 5.78 Å². The van der Waals surface area contributed by atoms with Gasteiger partial charge in [-0.3, -0.25) is 9.59 Å². The molecule has 0 radical (unpaired) electrons. The van der Waals surface area contributed by atoms with E-state index in [1.54, 1.807) is 25.3 Å². The Hall–Kier alpha value is -1.55. The maximum atomic E-state index is 11.9. The molecular weight excluding hydrogens is 280 g/mol. The molecule has 0 bridgehead atoms. The lowest BCUT2D eigenvalue weighted by atomic mass is 10.0. The number of halogens is 1. The van der Waals surface area contributed by atoms with E-state index in [0.717, 1.165) is 6.42 Å². The molecule has 0 spiro atoms. The molecule has 0 heterocycles. The Labute approximate surface area is 124 Å². The molecule has 0 N–H and O–H groups in total. The lowest BCUT2D eigenvalue weighted by Crippen LogP contribution is -2.16. The first-order chi connectivity index (χ1) is 9.62. The minimum atomic E-state index is -0.411. The number of hydrogen-bond acceptors (Lipinski definition) is 4. The van der Waals surface area contributed by atoms with Crippen molar-refractivity contribution in [2.24, 2.45) is 0 Å². The summed E-state index contributed by atoms with van der Waals surface area (Å²) in [5.74, 6) is 0.938. The summed E-state index contributed by atoms with van der Waals surface area (Å²) in [5.41, 5.74) is 0.655. The number of carbonyl (C=O) groups is 2. The van der Waals surface area contributed by atoms with Crippen molar-refractivity contribution in [2.45, 2.75) is 25.7 Å². The van der Waals surface area contributed by atoms with Gasteiger partial charge in [0.25, 0.3) is 0 Å². The molecule has 1 rings (SSSR count). The minimum absolute atomic E-state index is 0.0279. The van der Waals surface area contributed by atoms with Gasteiger partial charge in [-0.1, -0.05) is 0 Å². The number of Topliss-reactive ketones (excluding diaryl/α,β-unsaturated/α-hetero) is 2. The van der Waals surface area contributed by atoms with Gasteiger partial charge < -0.3 is 9.47 Å².